The molecule has 0 saturated carbocycles. The molecule has 0 fully saturated rings. The van der Waals surface area contributed by atoms with Crippen molar-refractivity contribution in [2.45, 2.75) is 0 Å². The van der Waals surface area contributed by atoms with E-state index in [1.54, 1.807) is 0 Å². The van der Waals surface area contributed by atoms with E-state index in [1.807, 2.05) is 0 Å². The van der Waals surface area contributed by atoms with Gasteiger partial charge in [0.05, 0.1) is 0 Å². The quantitative estimate of drug-likeness (QED) is 0.426. The Labute approximate surface area is 63.1 Å². The third kappa shape index (κ3) is 30.1. The van der Waals surface area contributed by atoms with Crippen molar-refractivity contribution in [2.75, 3.05) is 0 Å². The maximum atomic E-state index is 0. The van der Waals surface area contributed by atoms with E-state index in [2.05, 4.69) is 0 Å². The molecule has 0 spiro atoms. The van der Waals surface area contributed by atoms with Crippen LogP contribution in [0.4, 0.5) is 0 Å². The van der Waals surface area contributed by atoms with E-state index >= 15 is 0 Å². The molecule has 0 heterocycles. The van der Waals surface area contributed by atoms with E-state index in [-0.39, 0.29) is 63.1 Å². The first-order chi connectivity index (χ1) is 0. The summed E-state index contributed by atoms with van der Waals surface area (Å²) in [5, 5.41) is 0. The Kier molecular flexibility index (Phi) is 875. The van der Waals surface area contributed by atoms with Gasteiger partial charge in [-0.3, -0.25) is 0 Å². The molecule has 0 atom stereocenters. The summed E-state index contributed by atoms with van der Waals surface area (Å²) in [6, 6.07) is 0. The van der Waals surface area contributed by atoms with Gasteiger partial charge in [-0.2, -0.15) is 0 Å². The topological polar surface area (TPSA) is 31.5 Å². The van der Waals surface area contributed by atoms with Crippen LogP contribution in [0.5, 0.6) is 0 Å². The van der Waals surface area contributed by atoms with E-state index < -0.39 is 0 Å². The molecule has 1 radical (unpaired) electrons. The fraction of sp³-hybridized carbons (Fsp3) is 0. The first kappa shape index (κ1) is 87.9. The first-order valence-electron chi connectivity index (χ1n) is 0. The number of rotatable bonds is 0. The third-order valence-electron chi connectivity index (χ3n) is 0. The predicted octanol–water partition coefficient (Wildman–Crippen LogP) is -9.82. The standard InChI is InChI=1S/3ClH.H2O.Re/h3*1H;1H2;/p-3. The van der Waals surface area contributed by atoms with Crippen molar-refractivity contribution in [1.29, 1.82) is 0 Å². The molecule has 5 heavy (non-hydrogen) atoms. The van der Waals surface area contributed by atoms with Gasteiger partial charge in [-0.15, -0.1) is 0 Å². The molecule has 0 saturated heterocycles. The molecule has 2 N–H and O–H groups in total. The summed E-state index contributed by atoms with van der Waals surface area (Å²) in [5.41, 5.74) is 0. The molecule has 0 unspecified atom stereocenters. The fourth-order valence-corrected chi connectivity index (χ4v) is 0. The van der Waals surface area contributed by atoms with Crippen LogP contribution in [-0.2, 0) is 20.4 Å². The zero-order chi connectivity index (χ0) is 0. The second kappa shape index (κ2) is 49.8. The summed E-state index contributed by atoms with van der Waals surface area (Å²) < 4.78 is 0. The minimum absolute atomic E-state index is 0. The van der Waals surface area contributed by atoms with Crippen LogP contribution in [0, 0.1) is 0 Å². The Hall–Kier alpha value is 1.49. The van der Waals surface area contributed by atoms with Gasteiger partial charge in [0.2, 0.25) is 0 Å². The summed E-state index contributed by atoms with van der Waals surface area (Å²) in [5.74, 6) is 0. The fourth-order valence-electron chi connectivity index (χ4n) is 0. The van der Waals surface area contributed by atoms with Crippen molar-refractivity contribution < 1.29 is 63.1 Å². The number of hydrogen-bond acceptors (Lipinski definition) is 0. The van der Waals surface area contributed by atoms with Gasteiger partial charge in [-0.25, -0.2) is 0 Å². The molecule has 5 heteroatoms. The molecule has 0 aromatic carbocycles. The molecule has 39 valence electrons. The molecule has 0 bridgehead atoms. The molecular formula is H2Cl3ORe-3. The van der Waals surface area contributed by atoms with Gasteiger partial charge in [0, 0.05) is 20.4 Å². The molecule has 0 rings (SSSR count). The van der Waals surface area contributed by atoms with Crippen molar-refractivity contribution in [3.05, 3.63) is 0 Å². The Balaban J connectivity index is 0. The van der Waals surface area contributed by atoms with Crippen LogP contribution in [0.25, 0.3) is 0 Å². The monoisotopic (exact) mass is 310 g/mol. The van der Waals surface area contributed by atoms with Crippen molar-refractivity contribution >= 4 is 0 Å². The van der Waals surface area contributed by atoms with Crippen molar-refractivity contribution in [1.82, 2.24) is 0 Å². The third-order valence-corrected chi connectivity index (χ3v) is 0. The second-order valence-corrected chi connectivity index (χ2v) is 0. The molecule has 0 aromatic rings. The molecule has 0 aromatic heterocycles. The minimum atomic E-state index is 0. The van der Waals surface area contributed by atoms with E-state index in [1.165, 1.54) is 0 Å². The molecule has 0 amide bonds. The molecule has 0 aliphatic heterocycles. The van der Waals surface area contributed by atoms with E-state index in [4.69, 9.17) is 0 Å². The first-order valence-corrected chi connectivity index (χ1v) is 0. The van der Waals surface area contributed by atoms with Gasteiger partial charge in [0.1, 0.15) is 0 Å². The number of halogens is 3. The van der Waals surface area contributed by atoms with Crippen LogP contribution in [0.2, 0.25) is 0 Å². The summed E-state index contributed by atoms with van der Waals surface area (Å²) >= 11 is 0. The molecule has 0 aliphatic rings. The zero-order valence-corrected chi connectivity index (χ0v) is 7.00. The Morgan fingerprint density at radius 1 is 0.600 bits per heavy atom. The second-order valence-electron chi connectivity index (χ2n) is 0. The molecular weight excluding hydrogens is 309 g/mol. The van der Waals surface area contributed by atoms with Gasteiger partial charge in [-0.1, -0.05) is 0 Å². The van der Waals surface area contributed by atoms with Crippen molar-refractivity contribution in [3.8, 4) is 0 Å². The summed E-state index contributed by atoms with van der Waals surface area (Å²) in [6.45, 7) is 0. The SMILES string of the molecule is O.[Cl-].[Cl-].[Cl-].[Re]. The number of hydrogen-bond donors (Lipinski definition) is 0. The van der Waals surface area contributed by atoms with Crippen LogP contribution in [-0.4, -0.2) is 5.48 Å². The van der Waals surface area contributed by atoms with Crippen molar-refractivity contribution in [3.63, 3.8) is 0 Å². The van der Waals surface area contributed by atoms with Gasteiger partial charge in [0.15, 0.2) is 0 Å². The van der Waals surface area contributed by atoms with E-state index in [0.29, 0.717) is 0 Å². The normalized spacial score (nSPS) is 0. The Bertz CT molecular complexity index is 6.85. The maximum absolute atomic E-state index is 0. The van der Waals surface area contributed by atoms with Gasteiger partial charge in [-0.05, 0) is 0 Å². The van der Waals surface area contributed by atoms with Crippen LogP contribution in [0.1, 0.15) is 0 Å². The van der Waals surface area contributed by atoms with Crippen LogP contribution >= 0.6 is 0 Å². The largest absolute Gasteiger partial charge is 1.00 e. The minimum Gasteiger partial charge on any atom is -1.00 e. The average molecular weight is 311 g/mol. The van der Waals surface area contributed by atoms with Crippen LogP contribution in [0.3, 0.4) is 0 Å². The van der Waals surface area contributed by atoms with E-state index in [9.17, 15) is 0 Å². The van der Waals surface area contributed by atoms with Gasteiger partial charge < -0.3 is 42.7 Å². The molecule has 0 aliphatic carbocycles. The maximum Gasteiger partial charge on any atom is 0 e. The Morgan fingerprint density at radius 3 is 0.600 bits per heavy atom. The van der Waals surface area contributed by atoms with Crippen LogP contribution in [0.15, 0.2) is 0 Å². The van der Waals surface area contributed by atoms with E-state index in [0.717, 1.165) is 0 Å². The van der Waals surface area contributed by atoms with Crippen molar-refractivity contribution in [2.24, 2.45) is 0 Å². The summed E-state index contributed by atoms with van der Waals surface area (Å²) in [4.78, 5) is 0. The van der Waals surface area contributed by atoms with Gasteiger partial charge >= 0.3 is 0 Å². The summed E-state index contributed by atoms with van der Waals surface area (Å²) in [6.07, 6.45) is 0. The smallest absolute Gasteiger partial charge is 0 e. The summed E-state index contributed by atoms with van der Waals surface area (Å²) in [7, 11) is 0. The van der Waals surface area contributed by atoms with Gasteiger partial charge in [0.25, 0.3) is 0 Å². The zero-order valence-electron chi connectivity index (χ0n) is 2.01. The average Bonchev–Trinajstić information content (AvgIpc) is 0. The van der Waals surface area contributed by atoms with Crippen LogP contribution < -0.4 is 37.2 Å². The predicted molar refractivity (Wildman–Crippen MR) is 3.61 cm³/mol. The molecule has 1 nitrogen and oxygen atoms in total. The Morgan fingerprint density at radius 2 is 0.600 bits per heavy atom.